The van der Waals surface area contributed by atoms with Crippen molar-refractivity contribution in [3.05, 3.63) is 108 Å². The predicted molar refractivity (Wildman–Crippen MR) is 143 cm³/mol. The van der Waals surface area contributed by atoms with Crippen LogP contribution in [0.4, 0.5) is 0 Å². The van der Waals surface area contributed by atoms with Gasteiger partial charge < -0.3 is 9.94 Å². The van der Waals surface area contributed by atoms with Crippen LogP contribution >= 0.6 is 0 Å². The number of nitrogens with zero attached hydrogens (tertiary/aromatic N) is 2. The molecule has 4 nitrogen and oxygen atoms in total. The van der Waals surface area contributed by atoms with Crippen molar-refractivity contribution in [2.45, 2.75) is 0 Å². The molecule has 166 valence electrons. The van der Waals surface area contributed by atoms with Gasteiger partial charge in [-0.25, -0.2) is 4.98 Å². The lowest BCUT2D eigenvalue weighted by atomic mass is 9.91. The first kappa shape index (κ1) is 19.7. The Kier molecular flexibility index (Phi) is 4.18. The molecule has 0 aliphatic heterocycles. The Morgan fingerprint density at radius 2 is 1.26 bits per heavy atom. The van der Waals surface area contributed by atoms with Crippen molar-refractivity contribution in [3.63, 3.8) is 0 Å². The van der Waals surface area contributed by atoms with Crippen LogP contribution in [0.3, 0.4) is 0 Å². The Labute approximate surface area is 201 Å². The second-order valence-corrected chi connectivity index (χ2v) is 8.76. The number of fused-ring (bicyclic) bond motifs is 9. The van der Waals surface area contributed by atoms with Crippen LogP contribution in [-0.4, -0.2) is 12.1 Å². The van der Waals surface area contributed by atoms with Crippen molar-refractivity contribution in [1.82, 2.24) is 4.98 Å². The summed E-state index contributed by atoms with van der Waals surface area (Å²) in [4.78, 5) is 4.59. The third-order valence-electron chi connectivity index (χ3n) is 6.92. The van der Waals surface area contributed by atoms with Gasteiger partial charge in [-0.1, -0.05) is 72.8 Å². The number of rotatable bonds is 2. The van der Waals surface area contributed by atoms with E-state index < -0.39 is 0 Å². The summed E-state index contributed by atoms with van der Waals surface area (Å²) in [7, 11) is 1.58. The van der Waals surface area contributed by atoms with E-state index in [2.05, 4.69) is 59.6 Å². The molecule has 0 saturated heterocycles. The third-order valence-corrected chi connectivity index (χ3v) is 6.92. The number of hydrogen-bond acceptors (Lipinski definition) is 3. The predicted octanol–water partition coefficient (Wildman–Crippen LogP) is 7.16. The first-order valence-corrected chi connectivity index (χ1v) is 11.6. The Morgan fingerprint density at radius 1 is 0.600 bits per heavy atom. The van der Waals surface area contributed by atoms with Crippen molar-refractivity contribution in [1.29, 1.82) is 0 Å². The molecule has 0 aliphatic carbocycles. The molecule has 4 heteroatoms. The van der Waals surface area contributed by atoms with Crippen molar-refractivity contribution in [2.24, 2.45) is 0 Å². The lowest BCUT2D eigenvalue weighted by molar-refractivity contribution is -0.563. The summed E-state index contributed by atoms with van der Waals surface area (Å²) < 4.78 is 6.37. The number of hydrogen-bond donors (Lipinski definition) is 0. The highest BCUT2D eigenvalue weighted by Gasteiger charge is 2.23. The van der Waals surface area contributed by atoms with E-state index in [1.807, 2.05) is 42.5 Å². The molecule has 2 heterocycles. The van der Waals surface area contributed by atoms with E-state index in [9.17, 15) is 5.21 Å². The van der Waals surface area contributed by atoms with Crippen LogP contribution in [0.15, 0.2) is 103 Å². The van der Waals surface area contributed by atoms with E-state index >= 15 is 0 Å². The van der Waals surface area contributed by atoms with E-state index in [0.29, 0.717) is 22.8 Å². The molecule has 7 rings (SSSR count). The topological polar surface area (TPSA) is 49.1 Å². The highest BCUT2D eigenvalue weighted by Crippen LogP contribution is 2.40. The molecule has 35 heavy (non-hydrogen) atoms. The lowest BCUT2D eigenvalue weighted by Crippen LogP contribution is -2.31. The zero-order chi connectivity index (χ0) is 23.5. The summed E-state index contributed by atoms with van der Waals surface area (Å²) in [5.74, 6) is 0.475. The van der Waals surface area contributed by atoms with Crippen LogP contribution in [-0.2, 0) is 0 Å². The number of aromatic nitrogens is 2. The van der Waals surface area contributed by atoms with E-state index in [4.69, 9.17) is 4.74 Å². The summed E-state index contributed by atoms with van der Waals surface area (Å²) in [6, 6.07) is 34.6. The quantitative estimate of drug-likeness (QED) is 0.159. The monoisotopic (exact) mass is 452 g/mol. The molecule has 0 amide bonds. The van der Waals surface area contributed by atoms with Gasteiger partial charge >= 0.3 is 0 Å². The van der Waals surface area contributed by atoms with Gasteiger partial charge in [-0.05, 0) is 45.1 Å². The summed E-state index contributed by atoms with van der Waals surface area (Å²) in [5.41, 5.74) is 1.73. The van der Waals surface area contributed by atoms with Crippen LogP contribution in [0.1, 0.15) is 0 Å². The number of ether oxygens (including phenoxy) is 1. The van der Waals surface area contributed by atoms with Gasteiger partial charge in [0.1, 0.15) is 5.69 Å². The van der Waals surface area contributed by atoms with Crippen molar-refractivity contribution < 1.29 is 9.47 Å². The van der Waals surface area contributed by atoms with Gasteiger partial charge in [0.05, 0.1) is 17.9 Å². The lowest BCUT2D eigenvalue weighted by Gasteiger charge is -2.15. The molecule has 0 saturated carbocycles. The maximum Gasteiger partial charge on any atom is 0.250 e. The van der Waals surface area contributed by atoms with E-state index in [1.165, 1.54) is 16.2 Å². The van der Waals surface area contributed by atoms with E-state index in [-0.39, 0.29) is 0 Å². The Morgan fingerprint density at radius 3 is 2.06 bits per heavy atom. The highest BCUT2D eigenvalue weighted by molar-refractivity contribution is 6.31. The zero-order valence-electron chi connectivity index (χ0n) is 19.0. The SMILES string of the molecule is COc1cccc(-c2c3ccccc3c3c4c(ccc5ccc6ccccc6c54)ccc3[n+]2[O-])n1. The number of benzene rings is 5. The second-order valence-electron chi connectivity index (χ2n) is 8.76. The largest absolute Gasteiger partial charge is 0.618 e. The fourth-order valence-corrected chi connectivity index (χ4v) is 5.38. The van der Waals surface area contributed by atoms with Crippen LogP contribution in [0.25, 0.3) is 65.4 Å². The molecule has 5 aromatic carbocycles. The van der Waals surface area contributed by atoms with Gasteiger partial charge in [0.15, 0.2) is 0 Å². The summed E-state index contributed by atoms with van der Waals surface area (Å²) in [6.07, 6.45) is 0. The van der Waals surface area contributed by atoms with Crippen LogP contribution < -0.4 is 9.47 Å². The standard InChI is InChI=1S/C31H20N2O2/c1-35-27-12-6-11-25(32-27)31-24-10-5-4-9-23(24)30-26(33(31)34)18-17-21-16-15-20-14-13-19-7-2-3-8-22(19)28(20)29(21)30/h2-18H,1H3. The molecule has 0 aliphatic rings. The minimum atomic E-state index is 0.475. The Hall–Kier alpha value is -4.70. The first-order chi connectivity index (χ1) is 17.2. The van der Waals surface area contributed by atoms with Crippen molar-refractivity contribution >= 4 is 54.0 Å². The fraction of sp³-hybridized carbons (Fsp3) is 0.0323. The maximum absolute atomic E-state index is 14.0. The highest BCUT2D eigenvalue weighted by atomic mass is 16.5. The Bertz CT molecular complexity index is 1960. The molecule has 0 unspecified atom stereocenters. The molecule has 0 bridgehead atoms. The van der Waals surface area contributed by atoms with E-state index in [1.54, 1.807) is 13.2 Å². The third kappa shape index (κ3) is 2.80. The fourth-order valence-electron chi connectivity index (χ4n) is 5.38. The number of methoxy groups -OCH3 is 1. The molecule has 0 radical (unpaired) electrons. The van der Waals surface area contributed by atoms with Crippen LogP contribution in [0.2, 0.25) is 0 Å². The second kappa shape index (κ2) is 7.40. The average molecular weight is 453 g/mol. The van der Waals surface area contributed by atoms with Gasteiger partial charge in [-0.3, -0.25) is 0 Å². The average Bonchev–Trinajstić information content (AvgIpc) is 2.92. The molecule has 0 N–H and O–H groups in total. The first-order valence-electron chi connectivity index (χ1n) is 11.6. The normalized spacial score (nSPS) is 11.7. The van der Waals surface area contributed by atoms with Crippen LogP contribution in [0.5, 0.6) is 5.88 Å². The summed E-state index contributed by atoms with van der Waals surface area (Å²) in [5, 5.41) is 23.8. The summed E-state index contributed by atoms with van der Waals surface area (Å²) in [6.45, 7) is 0. The molecule has 0 atom stereocenters. The zero-order valence-corrected chi connectivity index (χ0v) is 19.0. The number of pyridine rings is 2. The molecular formula is C31H20N2O2. The van der Waals surface area contributed by atoms with Gasteiger partial charge in [0, 0.05) is 22.9 Å². The molecular weight excluding hydrogens is 432 g/mol. The summed E-state index contributed by atoms with van der Waals surface area (Å²) >= 11 is 0. The van der Waals surface area contributed by atoms with Gasteiger partial charge in [-0.15, -0.1) is 0 Å². The van der Waals surface area contributed by atoms with Crippen molar-refractivity contribution in [2.75, 3.05) is 7.11 Å². The minimum Gasteiger partial charge on any atom is -0.618 e. The van der Waals surface area contributed by atoms with Gasteiger partial charge in [0.2, 0.25) is 11.4 Å². The molecule has 0 fully saturated rings. The van der Waals surface area contributed by atoms with E-state index in [0.717, 1.165) is 37.0 Å². The molecule has 7 aromatic rings. The Balaban J connectivity index is 1.75. The van der Waals surface area contributed by atoms with Crippen LogP contribution in [0, 0.1) is 5.21 Å². The smallest absolute Gasteiger partial charge is 0.250 e. The van der Waals surface area contributed by atoms with Gasteiger partial charge in [-0.2, -0.15) is 4.73 Å². The minimum absolute atomic E-state index is 0.475. The van der Waals surface area contributed by atoms with Gasteiger partial charge in [0.25, 0.3) is 5.69 Å². The maximum atomic E-state index is 14.0. The molecule has 0 spiro atoms. The molecule has 2 aromatic heterocycles. The van der Waals surface area contributed by atoms with Crippen molar-refractivity contribution in [3.8, 4) is 17.3 Å².